The number of nitrogen functional groups attached to an aromatic ring is 1. The van der Waals surface area contributed by atoms with Gasteiger partial charge in [0.25, 0.3) is 5.91 Å². The third kappa shape index (κ3) is 5.68. The van der Waals surface area contributed by atoms with Gasteiger partial charge in [-0.05, 0) is 20.8 Å². The number of hydrazine groups is 1. The van der Waals surface area contributed by atoms with E-state index < -0.39 is 11.5 Å². The molecular formula is C15H23ClN6O4. The van der Waals surface area contributed by atoms with Crippen molar-refractivity contribution in [2.75, 3.05) is 31.6 Å². The maximum Gasteiger partial charge on any atom is 0.410 e. The van der Waals surface area contributed by atoms with Crippen molar-refractivity contribution >= 4 is 29.3 Å². The smallest absolute Gasteiger partial charge is 0.410 e. The number of hydrogen-bond donors (Lipinski definition) is 3. The van der Waals surface area contributed by atoms with E-state index in [0.717, 1.165) is 0 Å². The van der Waals surface area contributed by atoms with Crippen LogP contribution in [0.4, 0.5) is 10.5 Å². The highest BCUT2D eigenvalue weighted by Gasteiger charge is 2.28. The van der Waals surface area contributed by atoms with Gasteiger partial charge in [0.2, 0.25) is 0 Å². The van der Waals surface area contributed by atoms with Crippen LogP contribution in [0.15, 0.2) is 6.07 Å². The van der Waals surface area contributed by atoms with Crippen LogP contribution in [0.2, 0.25) is 5.15 Å². The molecule has 1 unspecified atom stereocenters. The summed E-state index contributed by atoms with van der Waals surface area (Å²) in [5.74, 6) is 4.54. The Hall–Kier alpha value is -2.17. The Kier molecular flexibility index (Phi) is 6.57. The van der Waals surface area contributed by atoms with Crippen molar-refractivity contribution in [3.8, 4) is 0 Å². The Morgan fingerprint density at radius 2 is 2.19 bits per heavy atom. The van der Waals surface area contributed by atoms with E-state index in [1.54, 1.807) is 4.90 Å². The van der Waals surface area contributed by atoms with E-state index in [2.05, 4.69) is 15.5 Å². The summed E-state index contributed by atoms with van der Waals surface area (Å²) in [5.41, 5.74) is 1.81. The van der Waals surface area contributed by atoms with Gasteiger partial charge in [-0.25, -0.2) is 10.6 Å². The zero-order valence-electron chi connectivity index (χ0n) is 14.9. The number of rotatable bonds is 4. The van der Waals surface area contributed by atoms with Crippen LogP contribution in [0.1, 0.15) is 31.3 Å². The van der Waals surface area contributed by atoms with Crippen LogP contribution in [0, 0.1) is 0 Å². The van der Waals surface area contributed by atoms with Crippen molar-refractivity contribution in [1.29, 1.82) is 0 Å². The average molecular weight is 387 g/mol. The van der Waals surface area contributed by atoms with Crippen molar-refractivity contribution in [3.05, 3.63) is 16.9 Å². The number of carbonyl (C=O) groups is 2. The molecule has 1 aromatic rings. The molecular weight excluding hydrogens is 364 g/mol. The molecule has 2 heterocycles. The highest BCUT2D eigenvalue weighted by Crippen LogP contribution is 2.18. The number of nitrogens with zero attached hydrogens (tertiary/aromatic N) is 3. The maximum atomic E-state index is 12.2. The van der Waals surface area contributed by atoms with Crippen molar-refractivity contribution in [2.45, 2.75) is 32.5 Å². The molecule has 26 heavy (non-hydrogen) atoms. The first-order valence-corrected chi connectivity index (χ1v) is 8.45. The highest BCUT2D eigenvalue weighted by molar-refractivity contribution is 6.29. The van der Waals surface area contributed by atoms with Gasteiger partial charge in [0, 0.05) is 19.2 Å². The van der Waals surface area contributed by atoms with E-state index in [4.69, 9.17) is 26.9 Å². The zero-order valence-corrected chi connectivity index (χ0v) is 15.7. The number of amides is 2. The Labute approximate surface area is 156 Å². The molecule has 0 aliphatic carbocycles. The molecule has 0 aromatic carbocycles. The highest BCUT2D eigenvalue weighted by atomic mass is 35.5. The van der Waals surface area contributed by atoms with Crippen LogP contribution in [-0.2, 0) is 9.47 Å². The molecule has 1 atom stereocenters. The summed E-state index contributed by atoms with van der Waals surface area (Å²) in [6, 6.07) is 1.47. The first-order valence-electron chi connectivity index (χ1n) is 8.07. The van der Waals surface area contributed by atoms with Crippen molar-refractivity contribution in [3.63, 3.8) is 0 Å². The van der Waals surface area contributed by atoms with Crippen molar-refractivity contribution in [2.24, 2.45) is 5.84 Å². The Balaban J connectivity index is 1.98. The zero-order chi connectivity index (χ0) is 19.3. The molecule has 2 rings (SSSR count). The van der Waals surface area contributed by atoms with Crippen LogP contribution in [-0.4, -0.2) is 65.0 Å². The summed E-state index contributed by atoms with van der Waals surface area (Å²) in [6.07, 6.45) is -0.681. The maximum absolute atomic E-state index is 12.2. The normalized spacial score (nSPS) is 17.6. The molecule has 0 bridgehead atoms. The minimum Gasteiger partial charge on any atom is -0.444 e. The molecule has 1 aliphatic heterocycles. The first-order chi connectivity index (χ1) is 12.2. The molecule has 0 radical (unpaired) electrons. The van der Waals surface area contributed by atoms with E-state index in [1.165, 1.54) is 6.07 Å². The van der Waals surface area contributed by atoms with E-state index >= 15 is 0 Å². The molecule has 144 valence electrons. The number of aromatic nitrogens is 2. The second-order valence-electron chi connectivity index (χ2n) is 6.70. The van der Waals surface area contributed by atoms with Crippen LogP contribution in [0.3, 0.4) is 0 Å². The molecule has 1 saturated heterocycles. The fourth-order valence-electron chi connectivity index (χ4n) is 2.30. The number of ether oxygens (including phenoxy) is 2. The summed E-state index contributed by atoms with van der Waals surface area (Å²) in [7, 11) is 0. The van der Waals surface area contributed by atoms with Crippen LogP contribution >= 0.6 is 11.6 Å². The SMILES string of the molecule is CC(C)(C)OC(=O)N1CCOC(CNc2cc(Cl)nnc2C(=O)NN)C1. The lowest BCUT2D eigenvalue weighted by Gasteiger charge is -2.34. The molecule has 2 amide bonds. The van der Waals surface area contributed by atoms with Gasteiger partial charge in [0.15, 0.2) is 10.8 Å². The number of nitrogens with two attached hydrogens (primary N) is 1. The first kappa shape index (κ1) is 20.1. The number of morpholine rings is 1. The van der Waals surface area contributed by atoms with Gasteiger partial charge in [-0.15, -0.1) is 10.2 Å². The summed E-state index contributed by atoms with van der Waals surface area (Å²) >= 11 is 5.84. The third-order valence-corrected chi connectivity index (χ3v) is 3.61. The lowest BCUT2D eigenvalue weighted by Crippen LogP contribution is -2.49. The van der Waals surface area contributed by atoms with Gasteiger partial charge in [0.1, 0.15) is 5.60 Å². The van der Waals surface area contributed by atoms with E-state index in [0.29, 0.717) is 31.9 Å². The van der Waals surface area contributed by atoms with Crippen molar-refractivity contribution in [1.82, 2.24) is 20.5 Å². The monoisotopic (exact) mass is 386 g/mol. The molecule has 1 aromatic heterocycles. The largest absolute Gasteiger partial charge is 0.444 e. The Morgan fingerprint density at radius 3 is 2.85 bits per heavy atom. The van der Waals surface area contributed by atoms with Gasteiger partial charge in [0.05, 0.1) is 24.9 Å². The number of halogens is 1. The minimum absolute atomic E-state index is 0.0108. The molecule has 10 nitrogen and oxygen atoms in total. The van der Waals surface area contributed by atoms with Crippen LogP contribution in [0.5, 0.6) is 0 Å². The summed E-state index contributed by atoms with van der Waals surface area (Å²) in [5, 5.41) is 10.5. The van der Waals surface area contributed by atoms with E-state index in [-0.39, 0.29) is 23.0 Å². The summed E-state index contributed by atoms with van der Waals surface area (Å²) < 4.78 is 11.0. The molecule has 11 heteroatoms. The molecule has 0 spiro atoms. The number of anilines is 1. The van der Waals surface area contributed by atoms with Crippen molar-refractivity contribution < 1.29 is 19.1 Å². The van der Waals surface area contributed by atoms with Crippen LogP contribution < -0.4 is 16.6 Å². The number of nitrogens with one attached hydrogen (secondary N) is 2. The Morgan fingerprint density at radius 1 is 1.46 bits per heavy atom. The molecule has 4 N–H and O–H groups in total. The van der Waals surface area contributed by atoms with E-state index in [1.807, 2.05) is 26.2 Å². The quantitative estimate of drug-likeness (QED) is 0.393. The Bertz CT molecular complexity index is 666. The van der Waals surface area contributed by atoms with Gasteiger partial charge in [-0.1, -0.05) is 11.6 Å². The molecule has 0 saturated carbocycles. The lowest BCUT2D eigenvalue weighted by molar-refractivity contribution is -0.0371. The minimum atomic E-state index is -0.600. The summed E-state index contributed by atoms with van der Waals surface area (Å²) in [4.78, 5) is 25.5. The fourth-order valence-corrected chi connectivity index (χ4v) is 2.44. The molecule has 1 aliphatic rings. The number of hydrogen-bond acceptors (Lipinski definition) is 8. The molecule has 1 fully saturated rings. The van der Waals surface area contributed by atoms with Gasteiger partial charge >= 0.3 is 6.09 Å². The fraction of sp³-hybridized carbons (Fsp3) is 0.600. The topological polar surface area (TPSA) is 132 Å². The predicted octanol–water partition coefficient (Wildman–Crippen LogP) is 0.781. The van der Waals surface area contributed by atoms with Gasteiger partial charge in [-0.2, -0.15) is 0 Å². The predicted molar refractivity (Wildman–Crippen MR) is 94.7 cm³/mol. The second kappa shape index (κ2) is 8.47. The second-order valence-corrected chi connectivity index (χ2v) is 7.09. The van der Waals surface area contributed by atoms with Crippen LogP contribution in [0.25, 0.3) is 0 Å². The van der Waals surface area contributed by atoms with Gasteiger partial charge in [-0.3, -0.25) is 10.2 Å². The average Bonchev–Trinajstić information content (AvgIpc) is 2.58. The number of carbonyl (C=O) groups excluding carboxylic acids is 2. The standard InChI is InChI=1S/C15H23ClN6O4/c1-15(2,3)26-14(24)22-4-5-25-9(8-22)7-18-10-6-11(16)20-21-12(10)13(23)19-17/h6,9H,4-5,7-8,17H2,1-3H3,(H,18,20)(H,19,23). The lowest BCUT2D eigenvalue weighted by atomic mass is 10.2. The third-order valence-electron chi connectivity index (χ3n) is 3.42. The summed E-state index contributed by atoms with van der Waals surface area (Å²) in [6.45, 7) is 6.96. The van der Waals surface area contributed by atoms with E-state index in [9.17, 15) is 9.59 Å². The van der Waals surface area contributed by atoms with Gasteiger partial charge < -0.3 is 19.7 Å².